The summed E-state index contributed by atoms with van der Waals surface area (Å²) in [6.07, 6.45) is 1.74. The predicted molar refractivity (Wildman–Crippen MR) is 123 cm³/mol. The Kier molecular flexibility index (Phi) is 6.11. The number of esters is 1. The molecule has 4 aromatic carbocycles. The number of hydrogen-bond acceptors (Lipinski definition) is 2. The highest BCUT2D eigenvalue weighted by atomic mass is 32.2. The molecule has 0 unspecified atom stereocenters. The first-order valence-corrected chi connectivity index (χ1v) is 10.9. The van der Waals surface area contributed by atoms with Gasteiger partial charge < -0.3 is 4.74 Å². The second-order valence-corrected chi connectivity index (χ2v) is 8.65. The van der Waals surface area contributed by atoms with Crippen LogP contribution in [0.25, 0.3) is 6.08 Å². The fourth-order valence-corrected chi connectivity index (χ4v) is 5.17. The average Bonchev–Trinajstić information content (AvgIpc) is 2.82. The third-order valence-electron chi connectivity index (χ3n) is 4.61. The first-order chi connectivity index (χ1) is 14.7. The molecule has 0 amide bonds. The summed E-state index contributed by atoms with van der Waals surface area (Å²) in [5.41, 5.74) is 1.47. The quantitative estimate of drug-likeness (QED) is 0.203. The zero-order chi connectivity index (χ0) is 20.8. The molecule has 2 nitrogen and oxygen atoms in total. The van der Waals surface area contributed by atoms with Crippen molar-refractivity contribution >= 4 is 22.9 Å². The fourth-order valence-electron chi connectivity index (χ4n) is 3.09. The van der Waals surface area contributed by atoms with E-state index in [1.807, 2.05) is 48.5 Å². The molecule has 4 aromatic rings. The van der Waals surface area contributed by atoms with Gasteiger partial charge in [-0.15, -0.1) is 0 Å². The molecule has 0 N–H and O–H groups in total. The van der Waals surface area contributed by atoms with Crippen LogP contribution in [-0.4, -0.2) is 5.97 Å². The van der Waals surface area contributed by atoms with E-state index in [0.29, 0.717) is 11.3 Å². The van der Waals surface area contributed by atoms with Gasteiger partial charge in [-0.25, -0.2) is 4.79 Å². The Bertz CT molecular complexity index is 1080. The summed E-state index contributed by atoms with van der Waals surface area (Å²) in [4.78, 5) is 16.1. The number of carbonyl (C=O) groups excluding carboxylic acids is 1. The lowest BCUT2D eigenvalue weighted by atomic mass is 10.1. The number of carbonyl (C=O) groups is 1. The molecule has 0 atom stereocenters. The van der Waals surface area contributed by atoms with Crippen LogP contribution in [0, 0.1) is 0 Å². The van der Waals surface area contributed by atoms with Gasteiger partial charge in [0.15, 0.2) is 14.7 Å². The van der Waals surface area contributed by atoms with Crippen LogP contribution >= 0.6 is 0 Å². The Morgan fingerprint density at radius 3 is 1.67 bits per heavy atom. The summed E-state index contributed by atoms with van der Waals surface area (Å²) in [5, 5.41) is 0. The fraction of sp³-hybridized carbons (Fsp3) is 0. The lowest BCUT2D eigenvalue weighted by Gasteiger charge is -2.09. The molecule has 0 aliphatic heterocycles. The Balaban J connectivity index is 1.57. The Hall–Kier alpha value is -3.56. The van der Waals surface area contributed by atoms with E-state index in [4.69, 9.17) is 4.74 Å². The van der Waals surface area contributed by atoms with Gasteiger partial charge in [0.25, 0.3) is 0 Å². The van der Waals surface area contributed by atoms with E-state index in [2.05, 4.69) is 55.1 Å². The molecule has 3 heteroatoms. The van der Waals surface area contributed by atoms with Crippen LogP contribution < -0.4 is 4.74 Å². The molecule has 0 aromatic heterocycles. The zero-order valence-corrected chi connectivity index (χ0v) is 17.2. The van der Waals surface area contributed by atoms with Crippen LogP contribution in [0.15, 0.2) is 130 Å². The van der Waals surface area contributed by atoms with E-state index >= 15 is 0 Å². The van der Waals surface area contributed by atoms with Crippen LogP contribution in [0.1, 0.15) is 15.9 Å². The normalized spacial score (nSPS) is 10.6. The molecule has 0 aliphatic carbocycles. The number of rotatable bonds is 6. The molecule has 4 rings (SSSR count). The highest BCUT2D eigenvalue weighted by Crippen LogP contribution is 2.32. The SMILES string of the molecule is C=Cc1ccc(C(=O)Oc2ccc([S+](c3ccccc3)c3ccccc3)cc2)cc1. The maximum absolute atomic E-state index is 12.4. The van der Waals surface area contributed by atoms with Gasteiger partial charge in [0.1, 0.15) is 5.75 Å². The number of hydrogen-bond donors (Lipinski definition) is 0. The van der Waals surface area contributed by atoms with Gasteiger partial charge in [0.2, 0.25) is 0 Å². The number of benzene rings is 4. The van der Waals surface area contributed by atoms with E-state index in [0.717, 1.165) is 5.56 Å². The molecular formula is C27H21O2S+. The highest BCUT2D eigenvalue weighted by molar-refractivity contribution is 7.97. The van der Waals surface area contributed by atoms with Crippen LogP contribution in [-0.2, 0) is 10.9 Å². The standard InChI is InChI=1S/C27H21O2S/c1-2-21-13-15-22(16-14-21)27(28)29-23-17-19-26(20-18-23)30(24-9-5-3-6-10-24)25-11-7-4-8-12-25/h2-20H,1H2/q+1. The van der Waals surface area contributed by atoms with Gasteiger partial charge in [-0.05, 0) is 66.2 Å². The Morgan fingerprint density at radius 1 is 0.667 bits per heavy atom. The van der Waals surface area contributed by atoms with E-state index in [-0.39, 0.29) is 16.9 Å². The second-order valence-electron chi connectivity index (χ2n) is 6.62. The largest absolute Gasteiger partial charge is 0.423 e. The van der Waals surface area contributed by atoms with Gasteiger partial charge >= 0.3 is 5.97 Å². The first kappa shape index (κ1) is 19.7. The van der Waals surface area contributed by atoms with Crippen LogP contribution in [0.2, 0.25) is 0 Å². The van der Waals surface area contributed by atoms with Crippen molar-refractivity contribution in [1.29, 1.82) is 0 Å². The molecule has 0 saturated carbocycles. The topological polar surface area (TPSA) is 26.3 Å². The zero-order valence-electron chi connectivity index (χ0n) is 16.4. The minimum absolute atomic E-state index is 0.225. The monoisotopic (exact) mass is 409 g/mol. The maximum atomic E-state index is 12.4. The van der Waals surface area contributed by atoms with Gasteiger partial charge in [0, 0.05) is 0 Å². The Morgan fingerprint density at radius 2 is 1.17 bits per heavy atom. The van der Waals surface area contributed by atoms with E-state index < -0.39 is 0 Å². The molecular weight excluding hydrogens is 388 g/mol. The first-order valence-electron chi connectivity index (χ1n) is 9.64. The molecule has 0 radical (unpaired) electrons. The van der Waals surface area contributed by atoms with Crippen molar-refractivity contribution in [3.8, 4) is 5.75 Å². The average molecular weight is 410 g/mol. The molecule has 0 aliphatic rings. The van der Waals surface area contributed by atoms with E-state index in [9.17, 15) is 4.79 Å². The summed E-state index contributed by atoms with van der Waals surface area (Å²) in [5.74, 6) is 0.157. The van der Waals surface area contributed by atoms with Crippen LogP contribution in [0.5, 0.6) is 5.75 Å². The molecule has 146 valence electrons. The van der Waals surface area contributed by atoms with Crippen molar-refractivity contribution in [3.05, 3.63) is 127 Å². The van der Waals surface area contributed by atoms with Crippen molar-refractivity contribution < 1.29 is 9.53 Å². The minimum atomic E-state index is -0.372. The van der Waals surface area contributed by atoms with Crippen molar-refractivity contribution in [2.45, 2.75) is 14.7 Å². The van der Waals surface area contributed by atoms with E-state index in [1.165, 1.54) is 14.7 Å². The minimum Gasteiger partial charge on any atom is -0.423 e. The number of ether oxygens (including phenoxy) is 1. The summed E-state index contributed by atoms with van der Waals surface area (Å²) < 4.78 is 5.56. The Labute approximate surface area is 179 Å². The van der Waals surface area contributed by atoms with Gasteiger partial charge in [0.05, 0.1) is 16.5 Å². The lowest BCUT2D eigenvalue weighted by molar-refractivity contribution is 0.0734. The van der Waals surface area contributed by atoms with Crippen molar-refractivity contribution in [2.75, 3.05) is 0 Å². The molecule has 0 saturated heterocycles. The van der Waals surface area contributed by atoms with Gasteiger partial charge in [-0.3, -0.25) is 0 Å². The third-order valence-corrected chi connectivity index (χ3v) is 6.84. The van der Waals surface area contributed by atoms with Crippen LogP contribution in [0.4, 0.5) is 0 Å². The molecule has 0 heterocycles. The summed E-state index contributed by atoms with van der Waals surface area (Å²) in [6, 6.07) is 35.9. The summed E-state index contributed by atoms with van der Waals surface area (Å²) >= 11 is 0. The highest BCUT2D eigenvalue weighted by Gasteiger charge is 2.28. The second kappa shape index (κ2) is 9.29. The summed E-state index contributed by atoms with van der Waals surface area (Å²) in [6.45, 7) is 3.72. The van der Waals surface area contributed by atoms with Crippen molar-refractivity contribution in [2.24, 2.45) is 0 Å². The molecule has 0 bridgehead atoms. The van der Waals surface area contributed by atoms with Crippen molar-refractivity contribution in [1.82, 2.24) is 0 Å². The van der Waals surface area contributed by atoms with Crippen molar-refractivity contribution in [3.63, 3.8) is 0 Å². The maximum Gasteiger partial charge on any atom is 0.343 e. The summed E-state index contributed by atoms with van der Waals surface area (Å²) in [7, 11) is -0.225. The third kappa shape index (κ3) is 4.53. The molecule has 0 spiro atoms. The smallest absolute Gasteiger partial charge is 0.343 e. The molecule has 0 fully saturated rings. The van der Waals surface area contributed by atoms with Crippen LogP contribution in [0.3, 0.4) is 0 Å². The van der Waals surface area contributed by atoms with E-state index in [1.54, 1.807) is 18.2 Å². The van der Waals surface area contributed by atoms with Gasteiger partial charge in [-0.1, -0.05) is 61.2 Å². The predicted octanol–water partition coefficient (Wildman–Crippen LogP) is 6.64. The van der Waals surface area contributed by atoms with Gasteiger partial charge in [-0.2, -0.15) is 0 Å². The lowest BCUT2D eigenvalue weighted by Crippen LogP contribution is -2.09. The molecule has 30 heavy (non-hydrogen) atoms.